The summed E-state index contributed by atoms with van der Waals surface area (Å²) in [6, 6.07) is 8.74. The highest BCUT2D eigenvalue weighted by Crippen LogP contribution is 2.65. The first-order chi connectivity index (χ1) is 16.8. The van der Waals surface area contributed by atoms with Crippen LogP contribution in [0.25, 0.3) is 0 Å². The first-order valence-corrected chi connectivity index (χ1v) is 13.5. The van der Waals surface area contributed by atoms with E-state index in [2.05, 4.69) is 50.2 Å². The Morgan fingerprint density at radius 3 is 2.57 bits per heavy atom. The molecule has 4 aliphatic carbocycles. The van der Waals surface area contributed by atoms with E-state index in [-0.39, 0.29) is 17.5 Å². The summed E-state index contributed by atoms with van der Waals surface area (Å²) in [4.78, 5) is 26.3. The molecule has 7 atom stereocenters. The Balaban J connectivity index is 1.45. The van der Waals surface area contributed by atoms with Gasteiger partial charge in [0.2, 0.25) is 0 Å². The quantitative estimate of drug-likeness (QED) is 0.512. The number of ketones is 1. The van der Waals surface area contributed by atoms with Gasteiger partial charge in [0.25, 0.3) is 0 Å². The fourth-order valence-corrected chi connectivity index (χ4v) is 8.07. The third-order valence-electron chi connectivity index (χ3n) is 9.68. The second-order valence-corrected chi connectivity index (χ2v) is 11.9. The number of esters is 1. The van der Waals surface area contributed by atoms with Crippen LogP contribution in [0.1, 0.15) is 70.3 Å². The lowest BCUT2D eigenvalue weighted by Gasteiger charge is -2.56. The van der Waals surface area contributed by atoms with Crippen molar-refractivity contribution in [3.8, 4) is 5.75 Å². The van der Waals surface area contributed by atoms with Crippen LogP contribution in [-0.2, 0) is 14.3 Å². The van der Waals surface area contributed by atoms with Crippen LogP contribution in [0.5, 0.6) is 5.75 Å². The predicted molar refractivity (Wildman–Crippen MR) is 136 cm³/mol. The first kappa shape index (κ1) is 24.5. The second-order valence-electron chi connectivity index (χ2n) is 11.9. The number of fused-ring (bicyclic) bond motifs is 5. The first-order valence-electron chi connectivity index (χ1n) is 13.5. The molecule has 5 nitrogen and oxygen atoms in total. The number of allylic oxidation sites excluding steroid dienone is 1. The largest absolute Gasteiger partial charge is 0.492 e. The van der Waals surface area contributed by atoms with E-state index < -0.39 is 0 Å². The Morgan fingerprint density at radius 2 is 1.86 bits per heavy atom. The molecule has 190 valence electrons. The topological polar surface area (TPSA) is 55.8 Å². The minimum Gasteiger partial charge on any atom is -0.492 e. The van der Waals surface area contributed by atoms with Gasteiger partial charge in [0, 0.05) is 25.3 Å². The van der Waals surface area contributed by atoms with E-state index in [1.807, 2.05) is 6.08 Å². The van der Waals surface area contributed by atoms with Gasteiger partial charge in [0.15, 0.2) is 5.78 Å². The van der Waals surface area contributed by atoms with Gasteiger partial charge in [-0.3, -0.25) is 9.59 Å². The smallest absolute Gasteiger partial charge is 0.302 e. The molecule has 0 N–H and O–H groups in total. The molecule has 0 aliphatic heterocycles. The lowest BCUT2D eigenvalue weighted by molar-refractivity contribution is -0.156. The van der Waals surface area contributed by atoms with Crippen molar-refractivity contribution < 1.29 is 19.1 Å². The molecule has 1 aromatic carbocycles. The summed E-state index contributed by atoms with van der Waals surface area (Å²) in [6.07, 6.45) is 9.07. The number of rotatable bonds is 6. The zero-order valence-electron chi connectivity index (χ0n) is 21.8. The summed E-state index contributed by atoms with van der Waals surface area (Å²) in [6.45, 7) is 5.49. The maximum absolute atomic E-state index is 12.3. The van der Waals surface area contributed by atoms with Gasteiger partial charge >= 0.3 is 5.97 Å². The maximum Gasteiger partial charge on any atom is 0.302 e. The van der Waals surface area contributed by atoms with Crippen molar-refractivity contribution in [2.75, 3.05) is 27.2 Å². The highest BCUT2D eigenvalue weighted by atomic mass is 16.5. The normalized spacial score (nSPS) is 36.1. The fraction of sp³-hybridized carbons (Fsp3) is 0.667. The van der Waals surface area contributed by atoms with Crippen molar-refractivity contribution in [3.05, 3.63) is 41.5 Å². The SMILES string of the molecule is CC(=O)O[C@H]1CC[C@H]2[C@H]3[C@H](CC[C@]12C)[C@H]1CCC(=O)C=C1C[C@@H]3c1ccc(OCCN(C)C)cc1. The molecule has 0 saturated heterocycles. The molecule has 0 amide bonds. The van der Waals surface area contributed by atoms with Gasteiger partial charge < -0.3 is 14.4 Å². The molecule has 0 radical (unpaired) electrons. The second kappa shape index (κ2) is 9.72. The molecule has 0 unspecified atom stereocenters. The molecule has 0 aromatic heterocycles. The van der Waals surface area contributed by atoms with Gasteiger partial charge in [-0.15, -0.1) is 0 Å². The Labute approximate surface area is 210 Å². The number of hydrogen-bond donors (Lipinski definition) is 0. The molecule has 5 heteroatoms. The number of carbonyl (C=O) groups is 2. The van der Waals surface area contributed by atoms with Gasteiger partial charge in [-0.1, -0.05) is 24.6 Å². The van der Waals surface area contributed by atoms with Crippen LogP contribution in [0.3, 0.4) is 0 Å². The van der Waals surface area contributed by atoms with Crippen LogP contribution in [0.2, 0.25) is 0 Å². The van der Waals surface area contributed by atoms with E-state index in [1.54, 1.807) is 6.92 Å². The zero-order chi connectivity index (χ0) is 24.7. The summed E-state index contributed by atoms with van der Waals surface area (Å²) in [7, 11) is 4.10. The van der Waals surface area contributed by atoms with E-state index in [9.17, 15) is 9.59 Å². The number of nitrogens with zero attached hydrogens (tertiary/aromatic N) is 1. The fourth-order valence-electron chi connectivity index (χ4n) is 8.07. The van der Waals surface area contributed by atoms with Crippen LogP contribution in [0, 0.1) is 29.1 Å². The highest BCUT2D eigenvalue weighted by Gasteiger charge is 2.59. The van der Waals surface area contributed by atoms with Crippen molar-refractivity contribution in [1.82, 2.24) is 4.90 Å². The number of carbonyl (C=O) groups excluding carboxylic acids is 2. The van der Waals surface area contributed by atoms with Crippen LogP contribution in [0.15, 0.2) is 35.9 Å². The maximum atomic E-state index is 12.3. The minimum absolute atomic E-state index is 0.0314. The number of likely N-dealkylation sites (N-methyl/N-ethyl adjacent to an activating group) is 1. The van der Waals surface area contributed by atoms with Crippen molar-refractivity contribution in [2.45, 2.75) is 70.8 Å². The van der Waals surface area contributed by atoms with Crippen molar-refractivity contribution >= 4 is 11.8 Å². The molecule has 3 saturated carbocycles. The van der Waals surface area contributed by atoms with Gasteiger partial charge in [-0.05, 0) is 106 Å². The van der Waals surface area contributed by atoms with E-state index in [4.69, 9.17) is 9.47 Å². The van der Waals surface area contributed by atoms with Crippen LogP contribution in [-0.4, -0.2) is 50.0 Å². The Bertz CT molecular complexity index is 983. The average molecular weight is 480 g/mol. The lowest BCUT2D eigenvalue weighted by atomic mass is 9.48. The molecule has 4 aliphatic rings. The van der Waals surface area contributed by atoms with E-state index >= 15 is 0 Å². The summed E-state index contributed by atoms with van der Waals surface area (Å²) in [5.74, 6) is 3.71. The standard InChI is InChI=1S/C30H41NO4/c1-19(32)35-28-12-11-27-29-25(13-14-30(27,28)2)24-10-7-22(33)17-21(24)18-26(29)20-5-8-23(9-6-20)34-16-15-31(3)4/h5-6,8-9,17,24-29H,7,10-16,18H2,1-4H3/t24-,25+,26+,27-,28-,29-,30-/m0/s1. The molecule has 0 spiro atoms. The van der Waals surface area contributed by atoms with E-state index in [0.29, 0.717) is 48.4 Å². The zero-order valence-corrected chi connectivity index (χ0v) is 21.8. The number of ether oxygens (including phenoxy) is 2. The molecule has 1 aromatic rings. The molecule has 0 bridgehead atoms. The molecular formula is C30H41NO4. The van der Waals surface area contributed by atoms with Crippen LogP contribution in [0.4, 0.5) is 0 Å². The third kappa shape index (κ3) is 4.69. The summed E-state index contributed by atoms with van der Waals surface area (Å²) < 4.78 is 11.8. The van der Waals surface area contributed by atoms with Crippen molar-refractivity contribution in [3.63, 3.8) is 0 Å². The van der Waals surface area contributed by atoms with E-state index in [1.165, 1.54) is 11.1 Å². The number of benzene rings is 1. The highest BCUT2D eigenvalue weighted by molar-refractivity contribution is 5.91. The van der Waals surface area contributed by atoms with Gasteiger partial charge in [0.1, 0.15) is 18.5 Å². The minimum atomic E-state index is -0.153. The Hall–Kier alpha value is -2.14. The third-order valence-corrected chi connectivity index (χ3v) is 9.68. The van der Waals surface area contributed by atoms with Crippen LogP contribution < -0.4 is 4.74 Å². The van der Waals surface area contributed by atoms with Gasteiger partial charge in [0.05, 0.1) is 0 Å². The monoisotopic (exact) mass is 479 g/mol. The molecule has 35 heavy (non-hydrogen) atoms. The molecule has 0 heterocycles. The summed E-state index contributed by atoms with van der Waals surface area (Å²) in [5, 5.41) is 0. The average Bonchev–Trinajstić information content (AvgIpc) is 3.14. The van der Waals surface area contributed by atoms with Gasteiger partial charge in [-0.25, -0.2) is 0 Å². The Morgan fingerprint density at radius 1 is 1.09 bits per heavy atom. The molecule has 3 fully saturated rings. The molecular weight excluding hydrogens is 438 g/mol. The summed E-state index contributed by atoms with van der Waals surface area (Å²) in [5.41, 5.74) is 2.79. The lowest BCUT2D eigenvalue weighted by Crippen LogP contribution is -2.50. The van der Waals surface area contributed by atoms with Gasteiger partial charge in [-0.2, -0.15) is 0 Å². The van der Waals surface area contributed by atoms with Crippen molar-refractivity contribution in [2.24, 2.45) is 29.1 Å². The number of hydrogen-bond acceptors (Lipinski definition) is 5. The van der Waals surface area contributed by atoms with E-state index in [0.717, 1.165) is 50.8 Å². The molecule has 5 rings (SSSR count). The van der Waals surface area contributed by atoms with Crippen LogP contribution >= 0.6 is 0 Å². The summed E-state index contributed by atoms with van der Waals surface area (Å²) >= 11 is 0. The predicted octanol–water partition coefficient (Wildman–Crippen LogP) is 5.39. The Kier molecular flexibility index (Phi) is 6.82. The van der Waals surface area contributed by atoms with Crippen molar-refractivity contribution in [1.29, 1.82) is 0 Å².